The lowest BCUT2D eigenvalue weighted by Crippen LogP contribution is -2.22. The molecule has 0 aliphatic carbocycles. The van der Waals surface area contributed by atoms with Crippen molar-refractivity contribution in [1.29, 1.82) is 0 Å². The van der Waals surface area contributed by atoms with E-state index in [1.54, 1.807) is 0 Å². The zero-order valence-corrected chi connectivity index (χ0v) is 13.1. The van der Waals surface area contributed by atoms with E-state index in [-0.39, 0.29) is 10.6 Å². The Balaban J connectivity index is 2.98. The van der Waals surface area contributed by atoms with Gasteiger partial charge in [0.15, 0.2) is 5.58 Å². The molecule has 1 heterocycles. The highest BCUT2D eigenvalue weighted by atomic mass is 79.9. The molecular weight excluding hydrogens is 330 g/mol. The molecule has 1 aromatic heterocycles. The van der Waals surface area contributed by atoms with Gasteiger partial charge >= 0.3 is 5.63 Å². The van der Waals surface area contributed by atoms with Crippen molar-refractivity contribution in [2.75, 3.05) is 26.1 Å². The largest absolute Gasteiger partial charge is 0.486 e. The van der Waals surface area contributed by atoms with E-state index in [9.17, 15) is 4.79 Å². The Morgan fingerprint density at radius 3 is 2.68 bits per heavy atom. The van der Waals surface area contributed by atoms with Crippen LogP contribution in [0.1, 0.15) is 5.56 Å². The highest BCUT2D eigenvalue weighted by Crippen LogP contribution is 2.32. The van der Waals surface area contributed by atoms with E-state index in [0.29, 0.717) is 11.3 Å². The summed E-state index contributed by atoms with van der Waals surface area (Å²) in [6.07, 6.45) is 0. The summed E-state index contributed by atoms with van der Waals surface area (Å²) in [6.45, 7) is 0. The number of para-hydroxylation sites is 1. The van der Waals surface area contributed by atoms with Crippen molar-refractivity contribution in [1.82, 2.24) is 0 Å². The number of hydrogen-bond donors (Lipinski definition) is 0. The van der Waals surface area contributed by atoms with Crippen LogP contribution < -0.4 is 10.5 Å². The fourth-order valence-electron chi connectivity index (χ4n) is 1.92. The molecule has 0 N–H and O–H groups in total. The number of anilines is 1. The van der Waals surface area contributed by atoms with Gasteiger partial charge in [0.2, 0.25) is 5.05 Å². The number of hydrogen-bond acceptors (Lipinski definition) is 5. The maximum atomic E-state index is 12.1. The quantitative estimate of drug-likeness (QED) is 0.620. The van der Waals surface area contributed by atoms with E-state index >= 15 is 0 Å². The van der Waals surface area contributed by atoms with Crippen molar-refractivity contribution >= 4 is 49.9 Å². The number of benzene rings is 1. The molecule has 0 spiro atoms. The Morgan fingerprint density at radius 2 is 2.11 bits per heavy atom. The molecule has 0 amide bonds. The van der Waals surface area contributed by atoms with Crippen LogP contribution in [-0.2, 0) is 4.74 Å². The van der Waals surface area contributed by atoms with Gasteiger partial charge in [-0.1, -0.05) is 6.07 Å². The molecule has 0 aliphatic rings. The maximum Gasteiger partial charge on any atom is 0.350 e. The molecule has 1 aromatic carbocycles. The number of ether oxygens (including phenoxy) is 1. The lowest BCUT2D eigenvalue weighted by molar-refractivity contribution is 0.413. The average molecular weight is 342 g/mol. The minimum atomic E-state index is -0.505. The summed E-state index contributed by atoms with van der Waals surface area (Å²) in [5.41, 5.74) is 0.960. The van der Waals surface area contributed by atoms with Gasteiger partial charge in [0.25, 0.3) is 0 Å². The van der Waals surface area contributed by atoms with Gasteiger partial charge in [0, 0.05) is 19.5 Å². The van der Waals surface area contributed by atoms with E-state index in [1.807, 2.05) is 37.2 Å². The third-order valence-corrected chi connectivity index (χ3v) is 3.69. The Kier molecular flexibility index (Phi) is 3.91. The lowest BCUT2D eigenvalue weighted by atomic mass is 10.1. The molecule has 0 radical (unpaired) electrons. The minimum Gasteiger partial charge on any atom is -0.486 e. The molecule has 0 saturated heterocycles. The Hall–Kier alpha value is -1.40. The Bertz CT molecular complexity index is 709. The van der Waals surface area contributed by atoms with Crippen molar-refractivity contribution in [2.24, 2.45) is 0 Å². The SMILES string of the molecule is COC(=S)c1c(N(C)C)c2cccc(Br)c2oc1=O. The van der Waals surface area contributed by atoms with Gasteiger partial charge in [-0.15, -0.1) is 0 Å². The summed E-state index contributed by atoms with van der Waals surface area (Å²) in [7, 11) is 5.13. The third-order valence-electron chi connectivity index (χ3n) is 2.69. The van der Waals surface area contributed by atoms with Crippen LogP contribution in [0.3, 0.4) is 0 Å². The predicted molar refractivity (Wildman–Crippen MR) is 83.2 cm³/mol. The first-order valence-corrected chi connectivity index (χ1v) is 6.68. The van der Waals surface area contributed by atoms with Crippen LogP contribution in [0.5, 0.6) is 0 Å². The smallest absolute Gasteiger partial charge is 0.350 e. The second-order valence-corrected chi connectivity index (χ2v) is 5.34. The fourth-order valence-corrected chi connectivity index (χ4v) is 2.55. The molecular formula is C13H12BrNO3S. The van der Waals surface area contributed by atoms with Crippen LogP contribution in [0.15, 0.2) is 31.9 Å². The van der Waals surface area contributed by atoms with E-state index in [1.165, 1.54) is 7.11 Å². The minimum absolute atomic E-state index is 0.124. The first kappa shape index (κ1) is 14.0. The molecule has 6 heteroatoms. The average Bonchev–Trinajstić information content (AvgIpc) is 2.37. The van der Waals surface area contributed by atoms with E-state index < -0.39 is 5.63 Å². The summed E-state index contributed by atoms with van der Waals surface area (Å²) >= 11 is 8.47. The van der Waals surface area contributed by atoms with E-state index in [0.717, 1.165) is 9.86 Å². The highest BCUT2D eigenvalue weighted by molar-refractivity contribution is 9.10. The van der Waals surface area contributed by atoms with Crippen LogP contribution in [0.2, 0.25) is 0 Å². The Morgan fingerprint density at radius 1 is 1.42 bits per heavy atom. The molecule has 0 saturated carbocycles. The zero-order chi connectivity index (χ0) is 14.2. The molecule has 19 heavy (non-hydrogen) atoms. The molecule has 0 unspecified atom stereocenters. The van der Waals surface area contributed by atoms with Crippen molar-refractivity contribution in [3.05, 3.63) is 38.7 Å². The van der Waals surface area contributed by atoms with Gasteiger partial charge < -0.3 is 14.1 Å². The van der Waals surface area contributed by atoms with Gasteiger partial charge in [-0.05, 0) is 40.3 Å². The van der Waals surface area contributed by atoms with Gasteiger partial charge in [-0.25, -0.2) is 4.79 Å². The van der Waals surface area contributed by atoms with Gasteiger partial charge in [0.05, 0.1) is 17.3 Å². The monoisotopic (exact) mass is 341 g/mol. The summed E-state index contributed by atoms with van der Waals surface area (Å²) < 4.78 is 11.1. The summed E-state index contributed by atoms with van der Waals surface area (Å²) in [4.78, 5) is 14.0. The first-order chi connectivity index (χ1) is 8.97. The van der Waals surface area contributed by atoms with Gasteiger partial charge in [-0.2, -0.15) is 0 Å². The number of fused-ring (bicyclic) bond motifs is 1. The van der Waals surface area contributed by atoms with Crippen LogP contribution in [0, 0.1) is 0 Å². The van der Waals surface area contributed by atoms with E-state index in [4.69, 9.17) is 21.4 Å². The second kappa shape index (κ2) is 5.30. The van der Waals surface area contributed by atoms with Crippen molar-refractivity contribution in [3.63, 3.8) is 0 Å². The van der Waals surface area contributed by atoms with Crippen molar-refractivity contribution in [2.45, 2.75) is 0 Å². The normalized spacial score (nSPS) is 10.5. The second-order valence-electron chi connectivity index (χ2n) is 4.12. The predicted octanol–water partition coefficient (Wildman–Crippen LogP) is 2.94. The third kappa shape index (κ3) is 2.37. The number of methoxy groups -OCH3 is 1. The van der Waals surface area contributed by atoms with Gasteiger partial charge in [0.1, 0.15) is 5.56 Å². The highest BCUT2D eigenvalue weighted by Gasteiger charge is 2.21. The molecule has 2 rings (SSSR count). The van der Waals surface area contributed by atoms with Crippen molar-refractivity contribution < 1.29 is 9.15 Å². The Labute approximate surface area is 124 Å². The topological polar surface area (TPSA) is 42.7 Å². The summed E-state index contributed by atoms with van der Waals surface area (Å²) in [6, 6.07) is 5.57. The molecule has 2 aromatic rings. The number of thiocarbonyl (C=S) groups is 1. The van der Waals surface area contributed by atoms with Gasteiger partial charge in [-0.3, -0.25) is 0 Å². The molecule has 100 valence electrons. The summed E-state index contributed by atoms with van der Waals surface area (Å²) in [5, 5.41) is 0.924. The summed E-state index contributed by atoms with van der Waals surface area (Å²) in [5.74, 6) is 0. The van der Waals surface area contributed by atoms with Crippen LogP contribution >= 0.6 is 28.1 Å². The van der Waals surface area contributed by atoms with Crippen LogP contribution in [0.25, 0.3) is 11.0 Å². The molecule has 0 bridgehead atoms. The lowest BCUT2D eigenvalue weighted by Gasteiger charge is -2.18. The molecule has 0 aliphatic heterocycles. The van der Waals surface area contributed by atoms with Crippen LogP contribution in [-0.4, -0.2) is 26.3 Å². The first-order valence-electron chi connectivity index (χ1n) is 5.48. The van der Waals surface area contributed by atoms with Crippen LogP contribution in [0.4, 0.5) is 5.69 Å². The maximum absolute atomic E-state index is 12.1. The number of nitrogens with zero attached hydrogens (tertiary/aromatic N) is 1. The standard InChI is InChI=1S/C13H12BrNO3S/c1-15(2)10-7-5-4-6-8(14)11(7)18-12(16)9(10)13(19)17-3/h4-6H,1-3H3. The fraction of sp³-hybridized carbons (Fsp3) is 0.231. The molecule has 4 nitrogen and oxygen atoms in total. The zero-order valence-electron chi connectivity index (χ0n) is 10.7. The number of rotatable bonds is 2. The van der Waals surface area contributed by atoms with Crippen molar-refractivity contribution in [3.8, 4) is 0 Å². The molecule has 0 atom stereocenters. The number of halogens is 1. The molecule has 0 fully saturated rings. The van der Waals surface area contributed by atoms with E-state index in [2.05, 4.69) is 15.9 Å².